The lowest BCUT2D eigenvalue weighted by Gasteiger charge is -2.17. The zero-order valence-corrected chi connectivity index (χ0v) is 12.6. The summed E-state index contributed by atoms with van der Waals surface area (Å²) in [6, 6.07) is 8.89. The van der Waals surface area contributed by atoms with Crippen LogP contribution in [0.3, 0.4) is 0 Å². The van der Waals surface area contributed by atoms with Crippen molar-refractivity contribution in [3.8, 4) is 0 Å². The first-order chi connectivity index (χ1) is 10.2. The van der Waals surface area contributed by atoms with Crippen LogP contribution in [-0.4, -0.2) is 31.7 Å². The van der Waals surface area contributed by atoms with Gasteiger partial charge in [0.05, 0.1) is 13.2 Å². The van der Waals surface area contributed by atoms with Crippen LogP contribution < -0.4 is 5.32 Å². The first kappa shape index (κ1) is 17.2. The molecule has 0 bridgehead atoms. The van der Waals surface area contributed by atoms with E-state index in [1.54, 1.807) is 13.8 Å². The Morgan fingerprint density at radius 1 is 1.10 bits per heavy atom. The van der Waals surface area contributed by atoms with E-state index in [1.165, 1.54) is 0 Å². The highest BCUT2D eigenvalue weighted by atomic mass is 16.5. The van der Waals surface area contributed by atoms with Gasteiger partial charge >= 0.3 is 11.9 Å². The molecule has 0 unspecified atom stereocenters. The van der Waals surface area contributed by atoms with Gasteiger partial charge in [0, 0.05) is 6.42 Å². The third-order valence-corrected chi connectivity index (χ3v) is 2.87. The largest absolute Gasteiger partial charge is 0.466 e. The Morgan fingerprint density at radius 3 is 2.38 bits per heavy atom. The molecule has 1 atom stereocenters. The number of carbonyl (C=O) groups excluding carboxylic acids is 2. The minimum absolute atomic E-state index is 0.216. The van der Waals surface area contributed by atoms with E-state index in [2.05, 4.69) is 5.32 Å². The molecule has 0 aliphatic rings. The SMILES string of the molecule is CCOC(=O)CCCN[C@@H](C(=O)OCC)c1ccccc1. The summed E-state index contributed by atoms with van der Waals surface area (Å²) in [6.45, 7) is 4.83. The molecule has 0 aliphatic carbocycles. The van der Waals surface area contributed by atoms with Crippen LogP contribution in [0.1, 0.15) is 38.3 Å². The van der Waals surface area contributed by atoms with E-state index in [9.17, 15) is 9.59 Å². The molecule has 1 rings (SSSR count). The maximum atomic E-state index is 12.0. The number of hydrogen-bond donors (Lipinski definition) is 1. The predicted molar refractivity (Wildman–Crippen MR) is 79.7 cm³/mol. The van der Waals surface area contributed by atoms with Crippen LogP contribution in [0.4, 0.5) is 0 Å². The molecule has 0 fully saturated rings. The molecule has 21 heavy (non-hydrogen) atoms. The lowest BCUT2D eigenvalue weighted by molar-refractivity contribution is -0.145. The van der Waals surface area contributed by atoms with Crippen LogP contribution >= 0.6 is 0 Å². The second-order valence-electron chi connectivity index (χ2n) is 4.46. The summed E-state index contributed by atoms with van der Waals surface area (Å²) in [5.74, 6) is -0.522. The molecule has 0 radical (unpaired) electrons. The Labute approximate surface area is 125 Å². The Balaban J connectivity index is 2.51. The fourth-order valence-corrected chi connectivity index (χ4v) is 1.92. The summed E-state index contributed by atoms with van der Waals surface area (Å²) in [5.41, 5.74) is 0.854. The zero-order chi connectivity index (χ0) is 15.5. The Morgan fingerprint density at radius 2 is 1.76 bits per heavy atom. The minimum Gasteiger partial charge on any atom is -0.466 e. The van der Waals surface area contributed by atoms with Gasteiger partial charge in [-0.2, -0.15) is 0 Å². The quantitative estimate of drug-likeness (QED) is 0.558. The fourth-order valence-electron chi connectivity index (χ4n) is 1.92. The summed E-state index contributed by atoms with van der Waals surface area (Å²) in [6.07, 6.45) is 0.951. The number of ether oxygens (including phenoxy) is 2. The van der Waals surface area contributed by atoms with E-state index in [1.807, 2.05) is 30.3 Å². The van der Waals surface area contributed by atoms with Crippen LogP contribution in [0.25, 0.3) is 0 Å². The first-order valence-electron chi connectivity index (χ1n) is 7.29. The smallest absolute Gasteiger partial charge is 0.327 e. The van der Waals surface area contributed by atoms with Crippen LogP contribution in [0.15, 0.2) is 30.3 Å². The highest BCUT2D eigenvalue weighted by molar-refractivity contribution is 5.77. The third-order valence-electron chi connectivity index (χ3n) is 2.87. The molecule has 1 aromatic rings. The van der Waals surface area contributed by atoms with Crippen molar-refractivity contribution in [2.24, 2.45) is 0 Å². The molecule has 0 aromatic heterocycles. The van der Waals surface area contributed by atoms with Gasteiger partial charge in [-0.3, -0.25) is 4.79 Å². The van der Waals surface area contributed by atoms with Crippen LogP contribution in [0.5, 0.6) is 0 Å². The highest BCUT2D eigenvalue weighted by Gasteiger charge is 2.20. The number of nitrogens with one attached hydrogen (secondary N) is 1. The molecule has 0 saturated carbocycles. The van der Waals surface area contributed by atoms with Gasteiger partial charge in [0.25, 0.3) is 0 Å². The van der Waals surface area contributed by atoms with Crippen molar-refractivity contribution in [2.75, 3.05) is 19.8 Å². The molecule has 1 aromatic carbocycles. The molecule has 116 valence electrons. The van der Waals surface area contributed by atoms with Gasteiger partial charge in [0.2, 0.25) is 0 Å². The number of hydrogen-bond acceptors (Lipinski definition) is 5. The average Bonchev–Trinajstić information content (AvgIpc) is 2.48. The molecule has 0 saturated heterocycles. The van der Waals surface area contributed by atoms with Gasteiger partial charge in [0.15, 0.2) is 0 Å². The van der Waals surface area contributed by atoms with Gasteiger partial charge in [0.1, 0.15) is 6.04 Å². The number of carbonyl (C=O) groups is 2. The fraction of sp³-hybridized carbons (Fsp3) is 0.500. The normalized spacial score (nSPS) is 11.7. The third kappa shape index (κ3) is 6.40. The Bertz CT molecular complexity index is 433. The van der Waals surface area contributed by atoms with Crippen molar-refractivity contribution in [1.82, 2.24) is 5.32 Å². The second kappa shape index (κ2) is 9.94. The van der Waals surface area contributed by atoms with E-state index in [0.29, 0.717) is 32.6 Å². The predicted octanol–water partition coefficient (Wildman–Crippen LogP) is 2.22. The van der Waals surface area contributed by atoms with Gasteiger partial charge in [-0.25, -0.2) is 4.79 Å². The molecule has 1 N–H and O–H groups in total. The first-order valence-corrected chi connectivity index (χ1v) is 7.29. The summed E-state index contributed by atoms with van der Waals surface area (Å²) in [4.78, 5) is 23.3. The van der Waals surface area contributed by atoms with Crippen LogP contribution in [-0.2, 0) is 19.1 Å². The van der Waals surface area contributed by atoms with Crippen molar-refractivity contribution in [2.45, 2.75) is 32.7 Å². The van der Waals surface area contributed by atoms with Gasteiger partial charge < -0.3 is 14.8 Å². The van der Waals surface area contributed by atoms with E-state index in [0.717, 1.165) is 5.56 Å². The lowest BCUT2D eigenvalue weighted by atomic mass is 10.1. The van der Waals surface area contributed by atoms with Crippen molar-refractivity contribution >= 4 is 11.9 Å². The van der Waals surface area contributed by atoms with Crippen LogP contribution in [0, 0.1) is 0 Å². The van der Waals surface area contributed by atoms with Crippen molar-refractivity contribution in [3.05, 3.63) is 35.9 Å². The second-order valence-corrected chi connectivity index (χ2v) is 4.46. The topological polar surface area (TPSA) is 64.6 Å². The summed E-state index contributed by atoms with van der Waals surface area (Å²) < 4.78 is 9.94. The lowest BCUT2D eigenvalue weighted by Crippen LogP contribution is -2.31. The molecule has 5 nitrogen and oxygen atoms in total. The van der Waals surface area contributed by atoms with Gasteiger partial charge in [-0.1, -0.05) is 30.3 Å². The minimum atomic E-state index is -0.506. The molecule has 0 amide bonds. The van der Waals surface area contributed by atoms with Crippen molar-refractivity contribution < 1.29 is 19.1 Å². The van der Waals surface area contributed by atoms with Crippen LogP contribution in [0.2, 0.25) is 0 Å². The van der Waals surface area contributed by atoms with E-state index in [4.69, 9.17) is 9.47 Å². The van der Waals surface area contributed by atoms with E-state index >= 15 is 0 Å². The Kier molecular flexibility index (Phi) is 8.12. The summed E-state index contributed by atoms with van der Waals surface area (Å²) >= 11 is 0. The molecular formula is C16H23NO4. The average molecular weight is 293 g/mol. The van der Waals surface area contributed by atoms with Gasteiger partial charge in [-0.05, 0) is 32.4 Å². The summed E-state index contributed by atoms with van der Waals surface area (Å²) in [7, 11) is 0. The molecule has 0 aliphatic heterocycles. The Hall–Kier alpha value is -1.88. The summed E-state index contributed by atoms with van der Waals surface area (Å²) in [5, 5.41) is 3.14. The number of esters is 2. The number of benzene rings is 1. The molecule has 0 spiro atoms. The monoisotopic (exact) mass is 293 g/mol. The highest BCUT2D eigenvalue weighted by Crippen LogP contribution is 2.14. The number of rotatable bonds is 9. The van der Waals surface area contributed by atoms with Crippen molar-refractivity contribution in [1.29, 1.82) is 0 Å². The molecular weight excluding hydrogens is 270 g/mol. The van der Waals surface area contributed by atoms with Gasteiger partial charge in [-0.15, -0.1) is 0 Å². The zero-order valence-electron chi connectivity index (χ0n) is 12.6. The van der Waals surface area contributed by atoms with Crippen molar-refractivity contribution in [3.63, 3.8) is 0 Å². The molecule has 0 heterocycles. The van der Waals surface area contributed by atoms with E-state index in [-0.39, 0.29) is 11.9 Å². The van der Waals surface area contributed by atoms with E-state index < -0.39 is 6.04 Å². The maximum Gasteiger partial charge on any atom is 0.327 e. The maximum absolute atomic E-state index is 12.0. The standard InChI is InChI=1S/C16H23NO4/c1-3-20-14(18)11-8-12-17-15(16(19)21-4-2)13-9-6-5-7-10-13/h5-7,9-10,15,17H,3-4,8,11-12H2,1-2H3/t15-/m1/s1. The molecule has 5 heteroatoms.